The number of hydrogen-bond acceptors (Lipinski definition) is 5. The third-order valence-electron chi connectivity index (χ3n) is 4.14. The number of rotatable bonds is 5. The number of hydrogen-bond donors (Lipinski definition) is 1. The predicted molar refractivity (Wildman–Crippen MR) is 94.3 cm³/mol. The molecule has 1 fully saturated rings. The number of ether oxygens (including phenoxy) is 1. The molecule has 23 heavy (non-hydrogen) atoms. The second-order valence-corrected chi connectivity index (χ2v) is 6.89. The summed E-state index contributed by atoms with van der Waals surface area (Å²) in [6.07, 6.45) is 0. The molecule has 0 aliphatic carbocycles. The zero-order valence-electron chi connectivity index (χ0n) is 13.7. The Morgan fingerprint density at radius 2 is 1.96 bits per heavy atom. The van der Waals surface area contributed by atoms with Crippen molar-refractivity contribution in [2.45, 2.75) is 13.5 Å². The second-order valence-electron chi connectivity index (χ2n) is 5.82. The molecule has 1 saturated heterocycles. The highest BCUT2D eigenvalue weighted by atomic mass is 32.1. The van der Waals surface area contributed by atoms with Crippen LogP contribution < -0.4 is 9.61 Å². The molecule has 2 heterocycles. The van der Waals surface area contributed by atoms with Gasteiger partial charge in [0.2, 0.25) is 0 Å². The van der Waals surface area contributed by atoms with E-state index in [4.69, 9.17) is 4.74 Å². The van der Waals surface area contributed by atoms with E-state index in [0.29, 0.717) is 6.61 Å². The zero-order chi connectivity index (χ0) is 16.2. The van der Waals surface area contributed by atoms with Gasteiger partial charge in [-0.3, -0.25) is 9.69 Å². The van der Waals surface area contributed by atoms with Crippen molar-refractivity contribution in [3.8, 4) is 17.0 Å². The number of piperazine rings is 1. The first-order valence-electron chi connectivity index (χ1n) is 8.02. The smallest absolute Gasteiger partial charge is 0.305 e. The average Bonchev–Trinajstić information content (AvgIpc) is 2.91. The lowest BCUT2D eigenvalue weighted by molar-refractivity contribution is 0.149. The van der Waals surface area contributed by atoms with Crippen LogP contribution in [0.1, 0.15) is 11.8 Å². The Balaban J connectivity index is 1.88. The summed E-state index contributed by atoms with van der Waals surface area (Å²) < 4.78 is 5.72. The average molecular weight is 333 g/mol. The first kappa shape index (κ1) is 16.2. The van der Waals surface area contributed by atoms with Gasteiger partial charge in [0.25, 0.3) is 0 Å². The molecule has 0 atom stereocenters. The molecule has 0 amide bonds. The minimum atomic E-state index is -0.00423. The van der Waals surface area contributed by atoms with E-state index in [-0.39, 0.29) is 4.87 Å². The van der Waals surface area contributed by atoms with Gasteiger partial charge in [-0.05, 0) is 26.1 Å². The Morgan fingerprint density at radius 1 is 1.22 bits per heavy atom. The van der Waals surface area contributed by atoms with Crippen LogP contribution in [0.15, 0.2) is 29.1 Å². The van der Waals surface area contributed by atoms with Crippen LogP contribution in [-0.2, 0) is 6.54 Å². The molecule has 124 valence electrons. The van der Waals surface area contributed by atoms with Gasteiger partial charge < -0.3 is 14.6 Å². The van der Waals surface area contributed by atoms with E-state index in [0.717, 1.165) is 54.6 Å². The highest BCUT2D eigenvalue weighted by Gasteiger charge is 2.19. The van der Waals surface area contributed by atoms with Crippen molar-refractivity contribution in [2.24, 2.45) is 0 Å². The first-order chi connectivity index (χ1) is 11.2. The van der Waals surface area contributed by atoms with Gasteiger partial charge in [0, 0.05) is 43.2 Å². The van der Waals surface area contributed by atoms with Crippen LogP contribution in [0.2, 0.25) is 0 Å². The molecule has 1 aromatic heterocycles. The van der Waals surface area contributed by atoms with Gasteiger partial charge in [0.15, 0.2) is 0 Å². The third-order valence-corrected chi connectivity index (χ3v) is 5.01. The number of benzene rings is 1. The summed E-state index contributed by atoms with van der Waals surface area (Å²) in [5.41, 5.74) is 1.87. The Kier molecular flexibility index (Phi) is 5.15. The monoisotopic (exact) mass is 333 g/mol. The van der Waals surface area contributed by atoms with E-state index in [1.807, 2.05) is 31.2 Å². The summed E-state index contributed by atoms with van der Waals surface area (Å²) in [7, 11) is 2.15. The molecule has 0 radical (unpaired) electrons. The van der Waals surface area contributed by atoms with Crippen LogP contribution in [0, 0.1) is 0 Å². The lowest BCUT2D eigenvalue weighted by Crippen LogP contribution is -2.43. The molecular formula is C17H23N3O2S. The summed E-state index contributed by atoms with van der Waals surface area (Å²) in [6, 6.07) is 7.90. The Labute approximate surface area is 140 Å². The second kappa shape index (κ2) is 7.29. The van der Waals surface area contributed by atoms with Crippen LogP contribution in [0.3, 0.4) is 0 Å². The highest BCUT2D eigenvalue weighted by molar-refractivity contribution is 7.09. The van der Waals surface area contributed by atoms with E-state index in [1.165, 1.54) is 11.3 Å². The van der Waals surface area contributed by atoms with Crippen LogP contribution in [-0.4, -0.2) is 54.6 Å². The maximum absolute atomic E-state index is 11.9. The quantitative estimate of drug-likeness (QED) is 0.912. The van der Waals surface area contributed by atoms with Gasteiger partial charge in [0.1, 0.15) is 5.75 Å². The van der Waals surface area contributed by atoms with Gasteiger partial charge >= 0.3 is 4.87 Å². The maximum Gasteiger partial charge on any atom is 0.305 e. The van der Waals surface area contributed by atoms with Gasteiger partial charge in [0.05, 0.1) is 12.3 Å². The molecule has 1 N–H and O–H groups in total. The van der Waals surface area contributed by atoms with E-state index in [2.05, 4.69) is 21.8 Å². The molecule has 5 nitrogen and oxygen atoms in total. The summed E-state index contributed by atoms with van der Waals surface area (Å²) in [5.74, 6) is 0.823. The van der Waals surface area contributed by atoms with Gasteiger partial charge in [-0.2, -0.15) is 0 Å². The van der Waals surface area contributed by atoms with Gasteiger partial charge in [-0.1, -0.05) is 23.5 Å². The van der Waals surface area contributed by atoms with Crippen LogP contribution in [0.4, 0.5) is 0 Å². The van der Waals surface area contributed by atoms with E-state index in [1.54, 1.807) is 0 Å². The van der Waals surface area contributed by atoms with Gasteiger partial charge in [-0.15, -0.1) is 0 Å². The topological polar surface area (TPSA) is 48.6 Å². The SMILES string of the molecule is CCOc1ccccc1-c1[nH]c(=O)sc1CN1CCN(C)CC1. The molecule has 2 aromatic rings. The van der Waals surface area contributed by atoms with E-state index in [9.17, 15) is 4.79 Å². The van der Waals surface area contributed by atoms with Crippen molar-refractivity contribution >= 4 is 11.3 Å². The molecule has 1 aliphatic heterocycles. The van der Waals surface area contributed by atoms with Crippen LogP contribution in [0.25, 0.3) is 11.3 Å². The summed E-state index contributed by atoms with van der Waals surface area (Å²) in [4.78, 5) is 20.8. The molecule has 0 bridgehead atoms. The maximum atomic E-state index is 11.9. The third kappa shape index (κ3) is 3.83. The number of nitrogens with zero attached hydrogens (tertiary/aromatic N) is 2. The highest BCUT2D eigenvalue weighted by Crippen LogP contribution is 2.32. The number of aromatic amines is 1. The Morgan fingerprint density at radius 3 is 2.70 bits per heavy atom. The molecule has 3 rings (SSSR count). The lowest BCUT2D eigenvalue weighted by atomic mass is 10.1. The normalized spacial score (nSPS) is 16.6. The standard InChI is InChI=1S/C17H23N3O2S/c1-3-22-14-7-5-4-6-13(14)16-15(23-17(21)18-16)12-20-10-8-19(2)9-11-20/h4-7H,3,8-12H2,1-2H3,(H,18,21). The number of likely N-dealkylation sites (N-methyl/N-ethyl adjacent to an activating group) is 1. The van der Waals surface area contributed by atoms with Crippen molar-refractivity contribution in [2.75, 3.05) is 39.8 Å². The van der Waals surface area contributed by atoms with Crippen molar-refractivity contribution in [1.82, 2.24) is 14.8 Å². The fourth-order valence-corrected chi connectivity index (χ4v) is 3.74. The Bertz CT molecular complexity index is 702. The minimum Gasteiger partial charge on any atom is -0.493 e. The molecule has 0 spiro atoms. The lowest BCUT2D eigenvalue weighted by Gasteiger charge is -2.32. The van der Waals surface area contributed by atoms with E-state index >= 15 is 0 Å². The van der Waals surface area contributed by atoms with Crippen LogP contribution in [0.5, 0.6) is 5.75 Å². The zero-order valence-corrected chi connectivity index (χ0v) is 14.5. The molecule has 0 saturated carbocycles. The van der Waals surface area contributed by atoms with Crippen LogP contribution >= 0.6 is 11.3 Å². The molecule has 0 unspecified atom stereocenters. The van der Waals surface area contributed by atoms with E-state index < -0.39 is 0 Å². The minimum absolute atomic E-state index is 0.00423. The summed E-state index contributed by atoms with van der Waals surface area (Å²) in [5, 5.41) is 0. The number of aromatic nitrogens is 1. The number of H-pyrrole nitrogens is 1. The molecular weight excluding hydrogens is 310 g/mol. The summed E-state index contributed by atoms with van der Waals surface area (Å²) in [6.45, 7) is 7.61. The molecule has 1 aromatic carbocycles. The summed E-state index contributed by atoms with van der Waals surface area (Å²) >= 11 is 1.31. The predicted octanol–water partition coefficient (Wildman–Crippen LogP) is 2.25. The molecule has 1 aliphatic rings. The van der Waals surface area contributed by atoms with Crippen molar-refractivity contribution in [1.29, 1.82) is 0 Å². The number of nitrogens with one attached hydrogen (secondary N) is 1. The molecule has 6 heteroatoms. The van der Waals surface area contributed by atoms with Crippen molar-refractivity contribution < 1.29 is 4.74 Å². The Hall–Kier alpha value is -1.63. The number of para-hydroxylation sites is 1. The van der Waals surface area contributed by atoms with Crippen molar-refractivity contribution in [3.63, 3.8) is 0 Å². The fraction of sp³-hybridized carbons (Fsp3) is 0.471. The van der Waals surface area contributed by atoms with Gasteiger partial charge in [-0.25, -0.2) is 0 Å². The fourth-order valence-electron chi connectivity index (χ4n) is 2.85. The number of thiazole rings is 1. The first-order valence-corrected chi connectivity index (χ1v) is 8.84. The largest absolute Gasteiger partial charge is 0.493 e. The van der Waals surface area contributed by atoms with Crippen molar-refractivity contribution in [3.05, 3.63) is 38.8 Å².